The molecule has 0 fully saturated rings. The first-order valence-corrected chi connectivity index (χ1v) is 7.84. The highest BCUT2D eigenvalue weighted by molar-refractivity contribution is 6.08. The van der Waals surface area contributed by atoms with Crippen LogP contribution in [-0.4, -0.2) is 21.7 Å². The van der Waals surface area contributed by atoms with Gasteiger partial charge in [-0.1, -0.05) is 60.2 Å². The predicted molar refractivity (Wildman–Crippen MR) is 91.2 cm³/mol. The van der Waals surface area contributed by atoms with Crippen LogP contribution >= 0.6 is 0 Å². The number of hydrogen-bond acceptors (Lipinski definition) is 3. The van der Waals surface area contributed by atoms with Gasteiger partial charge in [-0.05, 0) is 25.0 Å². The average molecular weight is 321 g/mol. The zero-order valence-electron chi connectivity index (χ0n) is 13.7. The minimum Gasteiger partial charge on any atom is -0.503 e. The third kappa shape index (κ3) is 2.83. The lowest BCUT2D eigenvalue weighted by molar-refractivity contribution is -0.130. The molecule has 1 aliphatic heterocycles. The molecular formula is C20H19NO3. The van der Waals surface area contributed by atoms with Crippen molar-refractivity contribution >= 4 is 11.7 Å². The standard InChI is InChI=1S/C20H19NO3/c1-13-8-10-16(11-9-13)18-17(14(2)22)19(23)20(24)21(18)12-15-6-4-3-5-7-15/h3-11,18,23H,12H2,1-2H3. The van der Waals surface area contributed by atoms with Crippen LogP contribution < -0.4 is 0 Å². The van der Waals surface area contributed by atoms with E-state index in [1.54, 1.807) is 4.90 Å². The van der Waals surface area contributed by atoms with Gasteiger partial charge < -0.3 is 10.0 Å². The van der Waals surface area contributed by atoms with Gasteiger partial charge in [-0.2, -0.15) is 0 Å². The van der Waals surface area contributed by atoms with E-state index in [4.69, 9.17) is 0 Å². The first-order chi connectivity index (χ1) is 11.5. The SMILES string of the molecule is CC(=O)C1=C(O)C(=O)N(Cc2ccccc2)C1c1ccc(C)cc1. The zero-order chi connectivity index (χ0) is 17.3. The molecule has 1 aliphatic rings. The van der Waals surface area contributed by atoms with E-state index in [9.17, 15) is 14.7 Å². The summed E-state index contributed by atoms with van der Waals surface area (Å²) in [5, 5.41) is 10.2. The fraction of sp³-hybridized carbons (Fsp3) is 0.200. The van der Waals surface area contributed by atoms with E-state index in [0.717, 1.165) is 16.7 Å². The molecule has 0 radical (unpaired) electrons. The van der Waals surface area contributed by atoms with Crippen molar-refractivity contribution in [2.45, 2.75) is 26.4 Å². The number of hydrogen-bond donors (Lipinski definition) is 1. The summed E-state index contributed by atoms with van der Waals surface area (Å²) in [6, 6.07) is 16.6. The third-order valence-corrected chi connectivity index (χ3v) is 4.27. The highest BCUT2D eigenvalue weighted by Crippen LogP contribution is 2.38. The molecule has 0 spiro atoms. The summed E-state index contributed by atoms with van der Waals surface area (Å²) in [5.74, 6) is -1.24. The van der Waals surface area contributed by atoms with Crippen LogP contribution in [0.3, 0.4) is 0 Å². The molecule has 0 aliphatic carbocycles. The summed E-state index contributed by atoms with van der Waals surface area (Å²) >= 11 is 0. The number of nitrogens with zero attached hydrogens (tertiary/aromatic N) is 1. The van der Waals surface area contributed by atoms with Crippen LogP contribution in [0.1, 0.15) is 29.7 Å². The normalized spacial score (nSPS) is 17.5. The fourth-order valence-corrected chi connectivity index (χ4v) is 3.05. The average Bonchev–Trinajstić information content (AvgIpc) is 2.82. The van der Waals surface area contributed by atoms with Crippen molar-refractivity contribution in [1.29, 1.82) is 0 Å². The van der Waals surface area contributed by atoms with Crippen molar-refractivity contribution in [3.05, 3.63) is 82.6 Å². The second-order valence-electron chi connectivity index (χ2n) is 6.05. The van der Waals surface area contributed by atoms with Crippen molar-refractivity contribution in [3.8, 4) is 0 Å². The van der Waals surface area contributed by atoms with Crippen LogP contribution in [0.25, 0.3) is 0 Å². The summed E-state index contributed by atoms with van der Waals surface area (Å²) in [4.78, 5) is 26.1. The lowest BCUT2D eigenvalue weighted by Crippen LogP contribution is -2.30. The molecule has 1 amide bonds. The van der Waals surface area contributed by atoms with Crippen LogP contribution in [-0.2, 0) is 16.1 Å². The van der Waals surface area contributed by atoms with Gasteiger partial charge >= 0.3 is 0 Å². The Kier molecular flexibility index (Phi) is 4.21. The summed E-state index contributed by atoms with van der Waals surface area (Å²) < 4.78 is 0. The smallest absolute Gasteiger partial charge is 0.290 e. The van der Waals surface area contributed by atoms with Crippen molar-refractivity contribution in [2.24, 2.45) is 0 Å². The molecule has 2 aromatic rings. The van der Waals surface area contributed by atoms with Gasteiger partial charge in [-0.25, -0.2) is 0 Å². The number of carbonyl (C=O) groups excluding carboxylic acids is 2. The Balaban J connectivity index is 2.04. The topological polar surface area (TPSA) is 57.6 Å². The molecule has 1 heterocycles. The summed E-state index contributed by atoms with van der Waals surface area (Å²) in [5.41, 5.74) is 3.02. The Morgan fingerprint density at radius 1 is 1.08 bits per heavy atom. The van der Waals surface area contributed by atoms with Crippen LogP contribution in [0.4, 0.5) is 0 Å². The fourth-order valence-electron chi connectivity index (χ4n) is 3.05. The molecule has 0 saturated heterocycles. The second-order valence-corrected chi connectivity index (χ2v) is 6.05. The number of aliphatic hydroxyl groups is 1. The molecule has 1 unspecified atom stereocenters. The van der Waals surface area contributed by atoms with Crippen molar-refractivity contribution < 1.29 is 14.7 Å². The van der Waals surface area contributed by atoms with E-state index in [1.807, 2.05) is 61.5 Å². The van der Waals surface area contributed by atoms with Gasteiger partial charge in [0.25, 0.3) is 5.91 Å². The molecule has 4 heteroatoms. The van der Waals surface area contributed by atoms with Gasteiger partial charge in [0.15, 0.2) is 11.5 Å². The quantitative estimate of drug-likeness (QED) is 0.938. The highest BCUT2D eigenvalue weighted by atomic mass is 16.3. The number of Topliss-reactive ketones (excluding diaryl/α,β-unsaturated/α-hetero) is 1. The molecule has 122 valence electrons. The number of ketones is 1. The Morgan fingerprint density at radius 2 is 1.71 bits per heavy atom. The first-order valence-electron chi connectivity index (χ1n) is 7.84. The maximum Gasteiger partial charge on any atom is 0.290 e. The van der Waals surface area contributed by atoms with Crippen LogP contribution in [0.2, 0.25) is 0 Å². The molecule has 0 bridgehead atoms. The maximum atomic E-state index is 12.5. The monoisotopic (exact) mass is 321 g/mol. The Bertz CT molecular complexity index is 807. The van der Waals surface area contributed by atoms with Crippen LogP contribution in [0, 0.1) is 6.92 Å². The number of amides is 1. The lowest BCUT2D eigenvalue weighted by Gasteiger charge is -2.26. The first kappa shape index (κ1) is 16.0. The molecule has 1 atom stereocenters. The number of benzene rings is 2. The molecule has 24 heavy (non-hydrogen) atoms. The Morgan fingerprint density at radius 3 is 2.29 bits per heavy atom. The largest absolute Gasteiger partial charge is 0.503 e. The minimum absolute atomic E-state index is 0.166. The Hall–Kier alpha value is -2.88. The zero-order valence-corrected chi connectivity index (χ0v) is 13.7. The summed E-state index contributed by atoms with van der Waals surface area (Å²) in [7, 11) is 0. The predicted octanol–water partition coefficient (Wildman–Crippen LogP) is 3.48. The number of aryl methyl sites for hydroxylation is 1. The maximum absolute atomic E-state index is 12.5. The van der Waals surface area contributed by atoms with E-state index >= 15 is 0 Å². The van der Waals surface area contributed by atoms with E-state index in [0.29, 0.717) is 6.54 Å². The third-order valence-electron chi connectivity index (χ3n) is 4.27. The number of aliphatic hydroxyl groups excluding tert-OH is 1. The van der Waals surface area contributed by atoms with E-state index in [2.05, 4.69) is 0 Å². The second kappa shape index (κ2) is 6.32. The van der Waals surface area contributed by atoms with E-state index in [1.165, 1.54) is 6.92 Å². The van der Waals surface area contributed by atoms with Crippen molar-refractivity contribution in [2.75, 3.05) is 0 Å². The molecule has 4 nitrogen and oxygen atoms in total. The van der Waals surface area contributed by atoms with E-state index < -0.39 is 17.7 Å². The number of carbonyl (C=O) groups is 2. The molecular weight excluding hydrogens is 302 g/mol. The number of rotatable bonds is 4. The van der Waals surface area contributed by atoms with Gasteiger partial charge in [0.1, 0.15) is 0 Å². The lowest BCUT2D eigenvalue weighted by atomic mass is 9.96. The van der Waals surface area contributed by atoms with Crippen LogP contribution in [0.15, 0.2) is 65.9 Å². The highest BCUT2D eigenvalue weighted by Gasteiger charge is 2.42. The molecule has 2 aromatic carbocycles. The summed E-state index contributed by atoms with van der Waals surface area (Å²) in [6.07, 6.45) is 0. The molecule has 0 aromatic heterocycles. The summed E-state index contributed by atoms with van der Waals surface area (Å²) in [6.45, 7) is 3.69. The van der Waals surface area contributed by atoms with Gasteiger partial charge in [0, 0.05) is 6.54 Å². The van der Waals surface area contributed by atoms with Crippen molar-refractivity contribution in [1.82, 2.24) is 4.90 Å². The van der Waals surface area contributed by atoms with Gasteiger partial charge in [-0.3, -0.25) is 9.59 Å². The Labute approximate surface area is 141 Å². The molecule has 0 saturated carbocycles. The van der Waals surface area contributed by atoms with Gasteiger partial charge in [0.2, 0.25) is 0 Å². The van der Waals surface area contributed by atoms with Gasteiger partial charge in [-0.15, -0.1) is 0 Å². The van der Waals surface area contributed by atoms with E-state index in [-0.39, 0.29) is 11.4 Å². The van der Waals surface area contributed by atoms with Crippen molar-refractivity contribution in [3.63, 3.8) is 0 Å². The van der Waals surface area contributed by atoms with Gasteiger partial charge in [0.05, 0.1) is 11.6 Å². The minimum atomic E-state index is -0.559. The van der Waals surface area contributed by atoms with Crippen LogP contribution in [0.5, 0.6) is 0 Å². The molecule has 3 rings (SSSR count). The molecule has 1 N–H and O–H groups in total.